The number of carbonyl (C=O) groups excluding carboxylic acids is 2. The molecular formula is C19H25N3O3. The highest BCUT2D eigenvalue weighted by Gasteiger charge is 2.26. The maximum atomic E-state index is 12.9. The van der Waals surface area contributed by atoms with E-state index < -0.39 is 0 Å². The van der Waals surface area contributed by atoms with Crippen LogP contribution in [0.1, 0.15) is 34.8 Å². The van der Waals surface area contributed by atoms with Gasteiger partial charge in [0.1, 0.15) is 0 Å². The number of amides is 2. The zero-order valence-electron chi connectivity index (χ0n) is 15.2. The third kappa shape index (κ3) is 4.28. The first-order chi connectivity index (χ1) is 11.8. The lowest BCUT2D eigenvalue weighted by molar-refractivity contribution is 0.0741. The van der Waals surface area contributed by atoms with Crippen LogP contribution in [0.25, 0.3) is 0 Å². The lowest BCUT2D eigenvalue weighted by Crippen LogP contribution is -2.40. The number of nitrogens with zero attached hydrogens (tertiary/aromatic N) is 2. The van der Waals surface area contributed by atoms with Crippen molar-refractivity contribution in [1.82, 2.24) is 4.90 Å². The lowest BCUT2D eigenvalue weighted by Gasteiger charge is -2.30. The van der Waals surface area contributed by atoms with Gasteiger partial charge in [0.2, 0.25) is 0 Å². The molecule has 1 heterocycles. The molecule has 0 aliphatic heterocycles. The Morgan fingerprint density at radius 2 is 1.76 bits per heavy atom. The summed E-state index contributed by atoms with van der Waals surface area (Å²) in [4.78, 5) is 28.5. The van der Waals surface area contributed by atoms with Crippen LogP contribution in [-0.2, 0) is 0 Å². The van der Waals surface area contributed by atoms with Crippen LogP contribution in [0, 0.1) is 5.41 Å². The van der Waals surface area contributed by atoms with Gasteiger partial charge in [-0.2, -0.15) is 0 Å². The molecule has 0 bridgehead atoms. The van der Waals surface area contributed by atoms with Crippen LogP contribution in [-0.4, -0.2) is 43.9 Å². The summed E-state index contributed by atoms with van der Waals surface area (Å²) < 4.78 is 5.17. The van der Waals surface area contributed by atoms with Gasteiger partial charge >= 0.3 is 0 Å². The minimum atomic E-state index is -0.310. The summed E-state index contributed by atoms with van der Waals surface area (Å²) in [6.45, 7) is 5.01. The Morgan fingerprint density at radius 3 is 2.36 bits per heavy atom. The first kappa shape index (κ1) is 18.7. The highest BCUT2D eigenvalue weighted by Crippen LogP contribution is 2.24. The van der Waals surface area contributed by atoms with Crippen LogP contribution in [0.15, 0.2) is 47.1 Å². The molecule has 0 fully saturated rings. The summed E-state index contributed by atoms with van der Waals surface area (Å²) in [5.41, 5.74) is 6.57. The predicted molar refractivity (Wildman–Crippen MR) is 97.7 cm³/mol. The second-order valence-electron chi connectivity index (χ2n) is 6.89. The molecule has 0 saturated heterocycles. The number of benzene rings is 1. The molecule has 0 unspecified atom stereocenters. The molecule has 0 aliphatic carbocycles. The van der Waals surface area contributed by atoms with Crippen molar-refractivity contribution < 1.29 is 14.0 Å². The third-order valence-electron chi connectivity index (χ3n) is 4.10. The van der Waals surface area contributed by atoms with E-state index in [1.165, 1.54) is 11.2 Å². The number of nitrogens with two attached hydrogens (primary N) is 1. The van der Waals surface area contributed by atoms with Gasteiger partial charge in [0.05, 0.1) is 17.5 Å². The second-order valence-corrected chi connectivity index (χ2v) is 6.89. The van der Waals surface area contributed by atoms with Gasteiger partial charge in [-0.15, -0.1) is 0 Å². The molecule has 6 nitrogen and oxygen atoms in total. The molecule has 2 aromatic rings. The van der Waals surface area contributed by atoms with Gasteiger partial charge in [-0.25, -0.2) is 0 Å². The fourth-order valence-corrected chi connectivity index (χ4v) is 2.61. The molecular weight excluding hydrogens is 318 g/mol. The molecule has 2 rings (SSSR count). The SMILES string of the molecule is CN(CC(C)(C)CN)C(=O)c1ccccc1N(C)C(=O)c1ccco1. The van der Waals surface area contributed by atoms with Crippen LogP contribution in [0.2, 0.25) is 0 Å². The molecule has 25 heavy (non-hydrogen) atoms. The second kappa shape index (κ2) is 7.53. The Hall–Kier alpha value is -2.60. The Labute approximate surface area is 148 Å². The summed E-state index contributed by atoms with van der Waals surface area (Å²) in [5.74, 6) is -0.242. The van der Waals surface area contributed by atoms with Crippen molar-refractivity contribution in [3.05, 3.63) is 54.0 Å². The van der Waals surface area contributed by atoms with Gasteiger partial charge in [-0.1, -0.05) is 26.0 Å². The molecule has 2 amide bonds. The van der Waals surface area contributed by atoms with Crippen LogP contribution < -0.4 is 10.6 Å². The van der Waals surface area contributed by atoms with E-state index >= 15 is 0 Å². The first-order valence-electron chi connectivity index (χ1n) is 8.13. The van der Waals surface area contributed by atoms with Crippen LogP contribution in [0.4, 0.5) is 5.69 Å². The van der Waals surface area contributed by atoms with E-state index in [1.54, 1.807) is 55.4 Å². The average molecular weight is 343 g/mol. The van der Waals surface area contributed by atoms with Crippen molar-refractivity contribution >= 4 is 17.5 Å². The van der Waals surface area contributed by atoms with E-state index in [0.29, 0.717) is 24.3 Å². The van der Waals surface area contributed by atoms with Crippen molar-refractivity contribution in [2.24, 2.45) is 11.1 Å². The topological polar surface area (TPSA) is 79.8 Å². The van der Waals surface area contributed by atoms with Gasteiger partial charge in [-0.05, 0) is 36.2 Å². The van der Waals surface area contributed by atoms with Gasteiger partial charge < -0.3 is 20.0 Å². The monoisotopic (exact) mass is 343 g/mol. The number of anilines is 1. The van der Waals surface area contributed by atoms with Gasteiger partial charge in [0.15, 0.2) is 5.76 Å². The van der Waals surface area contributed by atoms with Crippen LogP contribution in [0.3, 0.4) is 0 Å². The summed E-state index contributed by atoms with van der Waals surface area (Å²) in [6, 6.07) is 10.3. The van der Waals surface area contributed by atoms with Gasteiger partial charge in [-0.3, -0.25) is 9.59 Å². The number of hydrogen-bond acceptors (Lipinski definition) is 4. The zero-order valence-corrected chi connectivity index (χ0v) is 15.2. The number of hydrogen-bond donors (Lipinski definition) is 1. The quantitative estimate of drug-likeness (QED) is 0.874. The van der Waals surface area contributed by atoms with E-state index in [4.69, 9.17) is 10.2 Å². The first-order valence-corrected chi connectivity index (χ1v) is 8.13. The fraction of sp³-hybridized carbons (Fsp3) is 0.368. The zero-order chi connectivity index (χ0) is 18.6. The molecule has 6 heteroatoms. The van der Waals surface area contributed by atoms with Crippen molar-refractivity contribution in [2.45, 2.75) is 13.8 Å². The minimum Gasteiger partial charge on any atom is -0.459 e. The standard InChI is InChI=1S/C19H25N3O3/c1-19(2,12-20)13-21(3)17(23)14-8-5-6-9-15(14)22(4)18(24)16-10-7-11-25-16/h5-11H,12-13,20H2,1-4H3. The van der Waals surface area contributed by atoms with E-state index in [0.717, 1.165) is 0 Å². The summed E-state index contributed by atoms with van der Waals surface area (Å²) >= 11 is 0. The molecule has 1 aromatic carbocycles. The normalized spacial score (nSPS) is 11.2. The van der Waals surface area contributed by atoms with Crippen LogP contribution in [0.5, 0.6) is 0 Å². The minimum absolute atomic E-state index is 0.156. The third-order valence-corrected chi connectivity index (χ3v) is 4.10. The molecule has 0 saturated carbocycles. The van der Waals surface area contributed by atoms with E-state index in [-0.39, 0.29) is 23.0 Å². The number of furan rings is 1. The molecule has 1 aromatic heterocycles. The van der Waals surface area contributed by atoms with Crippen molar-refractivity contribution in [3.8, 4) is 0 Å². The molecule has 0 atom stereocenters. The maximum Gasteiger partial charge on any atom is 0.293 e. The number of para-hydroxylation sites is 1. The largest absolute Gasteiger partial charge is 0.459 e. The predicted octanol–water partition coefficient (Wildman–Crippen LogP) is 2.61. The van der Waals surface area contributed by atoms with E-state index in [1.807, 2.05) is 13.8 Å². The van der Waals surface area contributed by atoms with Gasteiger partial charge in [0, 0.05) is 20.6 Å². The number of rotatable bonds is 6. The highest BCUT2D eigenvalue weighted by atomic mass is 16.3. The Morgan fingerprint density at radius 1 is 1.08 bits per heavy atom. The Balaban J connectivity index is 2.28. The van der Waals surface area contributed by atoms with Crippen LogP contribution >= 0.6 is 0 Å². The number of carbonyl (C=O) groups is 2. The molecule has 134 valence electrons. The van der Waals surface area contributed by atoms with Crippen molar-refractivity contribution in [1.29, 1.82) is 0 Å². The summed E-state index contributed by atoms with van der Waals surface area (Å²) in [7, 11) is 3.37. The Kier molecular flexibility index (Phi) is 5.64. The fourth-order valence-electron chi connectivity index (χ4n) is 2.61. The van der Waals surface area contributed by atoms with E-state index in [9.17, 15) is 9.59 Å². The summed E-state index contributed by atoms with van der Waals surface area (Å²) in [5, 5.41) is 0. The maximum absolute atomic E-state index is 12.9. The van der Waals surface area contributed by atoms with Gasteiger partial charge in [0.25, 0.3) is 11.8 Å². The summed E-state index contributed by atoms with van der Waals surface area (Å²) in [6.07, 6.45) is 1.45. The Bertz CT molecular complexity index is 738. The highest BCUT2D eigenvalue weighted by molar-refractivity contribution is 6.09. The molecule has 0 spiro atoms. The molecule has 0 radical (unpaired) electrons. The molecule has 0 aliphatic rings. The average Bonchev–Trinajstić information content (AvgIpc) is 3.14. The smallest absolute Gasteiger partial charge is 0.293 e. The van der Waals surface area contributed by atoms with Crippen molar-refractivity contribution in [3.63, 3.8) is 0 Å². The van der Waals surface area contributed by atoms with E-state index in [2.05, 4.69) is 0 Å². The molecule has 2 N–H and O–H groups in total. The van der Waals surface area contributed by atoms with Crippen molar-refractivity contribution in [2.75, 3.05) is 32.1 Å². The lowest BCUT2D eigenvalue weighted by atomic mass is 9.93.